The second-order valence-corrected chi connectivity index (χ2v) is 6.31. The van der Waals surface area contributed by atoms with E-state index in [0.717, 1.165) is 29.8 Å². The Bertz CT molecular complexity index is 940. The molecule has 7 nitrogen and oxygen atoms in total. The molecular weight excluding hydrogens is 342 g/mol. The molecule has 3 aromatic rings. The average Bonchev–Trinajstić information content (AvgIpc) is 3.52. The summed E-state index contributed by atoms with van der Waals surface area (Å²) in [6, 6.07) is 13.2. The Labute approximate surface area is 156 Å². The highest BCUT2D eigenvalue weighted by molar-refractivity contribution is 5.89. The van der Waals surface area contributed by atoms with Crippen LogP contribution in [0.2, 0.25) is 0 Å². The van der Waals surface area contributed by atoms with Crippen LogP contribution in [0.15, 0.2) is 54.9 Å². The molecule has 1 aliphatic rings. The number of anilines is 3. The van der Waals surface area contributed by atoms with E-state index in [1.165, 1.54) is 7.11 Å². The van der Waals surface area contributed by atoms with Gasteiger partial charge in [0, 0.05) is 35.8 Å². The fourth-order valence-corrected chi connectivity index (χ4v) is 2.61. The standard InChI is InChI=1S/C20H19N5O2/c1-27-19(26)14-2-4-15(5-3-14)22-18-12-17(13-8-10-21-11-9-13)24-20(25-18)23-16-6-7-16/h2-5,8-12,16H,6-7H2,1H3,(H2,22,23,24,25). The van der Waals surface area contributed by atoms with Crippen LogP contribution in [0.1, 0.15) is 23.2 Å². The van der Waals surface area contributed by atoms with Crippen molar-refractivity contribution in [3.05, 3.63) is 60.4 Å². The highest BCUT2D eigenvalue weighted by Crippen LogP contribution is 2.27. The van der Waals surface area contributed by atoms with Gasteiger partial charge in [-0.1, -0.05) is 0 Å². The molecule has 27 heavy (non-hydrogen) atoms. The van der Waals surface area contributed by atoms with Crippen LogP contribution in [0.4, 0.5) is 17.5 Å². The van der Waals surface area contributed by atoms with Crippen LogP contribution in [0, 0.1) is 0 Å². The number of hydrogen-bond donors (Lipinski definition) is 2. The van der Waals surface area contributed by atoms with Crippen LogP contribution in [-0.2, 0) is 4.74 Å². The maximum Gasteiger partial charge on any atom is 0.337 e. The summed E-state index contributed by atoms with van der Waals surface area (Å²) in [4.78, 5) is 24.8. The van der Waals surface area contributed by atoms with E-state index in [9.17, 15) is 4.79 Å². The first-order valence-electron chi connectivity index (χ1n) is 8.73. The van der Waals surface area contributed by atoms with Crippen LogP contribution < -0.4 is 10.6 Å². The number of aromatic nitrogens is 3. The number of hydrogen-bond acceptors (Lipinski definition) is 7. The van der Waals surface area contributed by atoms with Gasteiger partial charge in [-0.05, 0) is 49.2 Å². The van der Waals surface area contributed by atoms with Gasteiger partial charge in [-0.2, -0.15) is 4.98 Å². The molecular formula is C20H19N5O2. The number of pyridine rings is 1. The third kappa shape index (κ3) is 4.20. The fraction of sp³-hybridized carbons (Fsp3) is 0.200. The van der Waals surface area contributed by atoms with Crippen LogP contribution in [-0.4, -0.2) is 34.1 Å². The van der Waals surface area contributed by atoms with E-state index >= 15 is 0 Å². The van der Waals surface area contributed by atoms with Crippen molar-refractivity contribution in [3.8, 4) is 11.3 Å². The predicted molar refractivity (Wildman–Crippen MR) is 103 cm³/mol. The largest absolute Gasteiger partial charge is 0.465 e. The molecule has 0 spiro atoms. The lowest BCUT2D eigenvalue weighted by atomic mass is 10.2. The number of ether oxygens (including phenoxy) is 1. The number of methoxy groups -OCH3 is 1. The molecule has 0 atom stereocenters. The number of carbonyl (C=O) groups excluding carboxylic acids is 1. The average molecular weight is 361 g/mol. The van der Waals surface area contributed by atoms with Crippen molar-refractivity contribution < 1.29 is 9.53 Å². The number of nitrogens with zero attached hydrogens (tertiary/aromatic N) is 3. The van der Waals surface area contributed by atoms with Gasteiger partial charge in [-0.15, -0.1) is 0 Å². The van der Waals surface area contributed by atoms with Crippen molar-refractivity contribution in [2.75, 3.05) is 17.7 Å². The minimum absolute atomic E-state index is 0.362. The topological polar surface area (TPSA) is 89.0 Å². The molecule has 1 aromatic carbocycles. The van der Waals surface area contributed by atoms with Crippen LogP contribution in [0.3, 0.4) is 0 Å². The van der Waals surface area contributed by atoms with Crippen molar-refractivity contribution in [2.24, 2.45) is 0 Å². The maximum atomic E-state index is 11.6. The predicted octanol–water partition coefficient (Wildman–Crippen LogP) is 3.64. The molecule has 1 saturated carbocycles. The van der Waals surface area contributed by atoms with Gasteiger partial charge in [0.15, 0.2) is 0 Å². The monoisotopic (exact) mass is 361 g/mol. The zero-order chi connectivity index (χ0) is 18.6. The molecule has 2 N–H and O–H groups in total. The highest BCUT2D eigenvalue weighted by Gasteiger charge is 2.22. The van der Waals surface area contributed by atoms with Gasteiger partial charge in [0.1, 0.15) is 5.82 Å². The summed E-state index contributed by atoms with van der Waals surface area (Å²) >= 11 is 0. The Morgan fingerprint density at radius 2 is 1.81 bits per heavy atom. The van der Waals surface area contributed by atoms with Crippen LogP contribution in [0.5, 0.6) is 0 Å². The molecule has 0 unspecified atom stereocenters. The summed E-state index contributed by atoms with van der Waals surface area (Å²) < 4.78 is 4.72. The van der Waals surface area contributed by atoms with Gasteiger partial charge < -0.3 is 15.4 Å². The Hall–Kier alpha value is -3.48. The SMILES string of the molecule is COC(=O)c1ccc(Nc2cc(-c3ccncc3)nc(NC3CC3)n2)cc1. The highest BCUT2D eigenvalue weighted by atomic mass is 16.5. The van der Waals surface area contributed by atoms with Gasteiger partial charge in [-0.25, -0.2) is 9.78 Å². The van der Waals surface area contributed by atoms with Crippen molar-refractivity contribution in [1.29, 1.82) is 0 Å². The second-order valence-electron chi connectivity index (χ2n) is 6.31. The summed E-state index contributed by atoms with van der Waals surface area (Å²) in [6.07, 6.45) is 5.76. The smallest absolute Gasteiger partial charge is 0.337 e. The zero-order valence-corrected chi connectivity index (χ0v) is 14.8. The van der Waals surface area contributed by atoms with Gasteiger partial charge in [0.25, 0.3) is 0 Å². The zero-order valence-electron chi connectivity index (χ0n) is 14.8. The third-order valence-electron chi connectivity index (χ3n) is 4.19. The molecule has 7 heteroatoms. The Morgan fingerprint density at radius 3 is 2.48 bits per heavy atom. The van der Waals surface area contributed by atoms with Crippen molar-refractivity contribution >= 4 is 23.4 Å². The summed E-state index contributed by atoms with van der Waals surface area (Å²) in [5.74, 6) is 0.908. The van der Waals surface area contributed by atoms with Gasteiger partial charge >= 0.3 is 5.97 Å². The molecule has 0 saturated heterocycles. The normalized spacial score (nSPS) is 13.1. The Morgan fingerprint density at radius 1 is 1.07 bits per heavy atom. The third-order valence-corrected chi connectivity index (χ3v) is 4.19. The van der Waals surface area contributed by atoms with E-state index in [0.29, 0.717) is 23.4 Å². The van der Waals surface area contributed by atoms with E-state index in [-0.39, 0.29) is 5.97 Å². The molecule has 0 radical (unpaired) electrons. The lowest BCUT2D eigenvalue weighted by Crippen LogP contribution is -2.08. The fourth-order valence-electron chi connectivity index (χ4n) is 2.61. The van der Waals surface area contributed by atoms with Crippen molar-refractivity contribution in [2.45, 2.75) is 18.9 Å². The molecule has 1 aliphatic carbocycles. The van der Waals surface area contributed by atoms with Gasteiger partial charge in [0.05, 0.1) is 18.4 Å². The van der Waals surface area contributed by atoms with Crippen LogP contribution >= 0.6 is 0 Å². The minimum Gasteiger partial charge on any atom is -0.465 e. The lowest BCUT2D eigenvalue weighted by molar-refractivity contribution is 0.0601. The Balaban J connectivity index is 1.61. The molecule has 0 aliphatic heterocycles. The number of benzene rings is 1. The second kappa shape index (κ2) is 7.41. The van der Waals surface area contributed by atoms with E-state index in [1.54, 1.807) is 24.5 Å². The van der Waals surface area contributed by atoms with E-state index in [2.05, 4.69) is 25.6 Å². The summed E-state index contributed by atoms with van der Waals surface area (Å²) in [5.41, 5.74) is 3.10. The summed E-state index contributed by atoms with van der Waals surface area (Å²) in [5, 5.41) is 6.62. The molecule has 1 fully saturated rings. The molecule has 2 heterocycles. The molecule has 4 rings (SSSR count). The van der Waals surface area contributed by atoms with Crippen molar-refractivity contribution in [1.82, 2.24) is 15.0 Å². The first-order chi connectivity index (χ1) is 13.2. The van der Waals surface area contributed by atoms with Gasteiger partial charge in [0.2, 0.25) is 5.95 Å². The quantitative estimate of drug-likeness (QED) is 0.648. The summed E-state index contributed by atoms with van der Waals surface area (Å²) in [6.45, 7) is 0. The number of esters is 1. The molecule has 0 amide bonds. The van der Waals surface area contributed by atoms with Crippen molar-refractivity contribution in [3.63, 3.8) is 0 Å². The summed E-state index contributed by atoms with van der Waals surface area (Å²) in [7, 11) is 1.37. The lowest BCUT2D eigenvalue weighted by Gasteiger charge is -2.11. The van der Waals surface area contributed by atoms with Crippen LogP contribution in [0.25, 0.3) is 11.3 Å². The van der Waals surface area contributed by atoms with E-state index in [1.807, 2.05) is 30.3 Å². The first-order valence-corrected chi connectivity index (χ1v) is 8.73. The molecule has 2 aromatic heterocycles. The number of rotatable bonds is 6. The van der Waals surface area contributed by atoms with Gasteiger partial charge in [-0.3, -0.25) is 4.98 Å². The molecule has 0 bridgehead atoms. The maximum absolute atomic E-state index is 11.6. The number of carbonyl (C=O) groups is 1. The minimum atomic E-state index is -0.362. The Kier molecular flexibility index (Phi) is 4.65. The van der Waals surface area contributed by atoms with E-state index in [4.69, 9.17) is 4.74 Å². The number of nitrogens with one attached hydrogen (secondary N) is 2. The molecule has 136 valence electrons. The van der Waals surface area contributed by atoms with E-state index < -0.39 is 0 Å². The first kappa shape index (κ1) is 17.0.